The molecule has 0 saturated heterocycles. The van der Waals surface area contributed by atoms with Crippen molar-refractivity contribution in [3.8, 4) is 5.88 Å². The first-order valence-corrected chi connectivity index (χ1v) is 7.96. The van der Waals surface area contributed by atoms with Gasteiger partial charge in [0.25, 0.3) is 0 Å². The maximum absolute atomic E-state index is 6.00. The van der Waals surface area contributed by atoms with Crippen LogP contribution in [0.1, 0.15) is 44.6 Å². The Hall–Kier alpha value is -1.78. The maximum atomic E-state index is 6.00. The number of nitrogens with zero attached hydrogens (tertiary/aromatic N) is 2. The number of hydrogen-bond acceptors (Lipinski definition) is 5. The van der Waals surface area contributed by atoms with Crippen LogP contribution in [0.5, 0.6) is 5.88 Å². The van der Waals surface area contributed by atoms with Gasteiger partial charge in [0.2, 0.25) is 5.88 Å². The van der Waals surface area contributed by atoms with E-state index in [2.05, 4.69) is 27.5 Å². The predicted molar refractivity (Wildman–Crippen MR) is 83.5 cm³/mol. The largest absolute Gasteiger partial charge is 0.474 e. The Morgan fingerprint density at radius 1 is 1.33 bits per heavy atom. The van der Waals surface area contributed by atoms with E-state index in [1.165, 1.54) is 24.8 Å². The van der Waals surface area contributed by atoms with Crippen molar-refractivity contribution in [2.75, 3.05) is 6.54 Å². The molecule has 5 heteroatoms. The molecule has 0 bridgehead atoms. The molecule has 2 N–H and O–H groups in total. The first-order valence-electron chi connectivity index (χ1n) is 7.96. The summed E-state index contributed by atoms with van der Waals surface area (Å²) in [5.74, 6) is 1.63. The number of nitrogens with one attached hydrogen (secondary N) is 2. The lowest BCUT2D eigenvalue weighted by molar-refractivity contribution is 0.148. The fourth-order valence-corrected chi connectivity index (χ4v) is 2.82. The van der Waals surface area contributed by atoms with Crippen molar-refractivity contribution in [1.82, 2.24) is 15.6 Å². The fourth-order valence-electron chi connectivity index (χ4n) is 2.82. The number of pyridine rings is 1. The molecule has 21 heavy (non-hydrogen) atoms. The van der Waals surface area contributed by atoms with E-state index in [0.717, 1.165) is 37.8 Å². The molecule has 114 valence electrons. The summed E-state index contributed by atoms with van der Waals surface area (Å²) >= 11 is 0. The molecular formula is C16H24N4O. The third-order valence-corrected chi connectivity index (χ3v) is 4.01. The molecule has 0 aromatic carbocycles. The van der Waals surface area contributed by atoms with Gasteiger partial charge in [0.05, 0.1) is 6.54 Å². The second kappa shape index (κ2) is 6.78. The minimum absolute atomic E-state index is 0.344. The lowest BCUT2D eigenvalue weighted by atomic mass is 9.98. The minimum atomic E-state index is 0.344. The zero-order valence-electron chi connectivity index (χ0n) is 12.6. The molecular weight excluding hydrogens is 264 g/mol. The molecule has 3 rings (SSSR count). The molecule has 1 fully saturated rings. The van der Waals surface area contributed by atoms with Crippen LogP contribution in [0.15, 0.2) is 23.3 Å². The van der Waals surface area contributed by atoms with Gasteiger partial charge in [0.1, 0.15) is 6.10 Å². The zero-order chi connectivity index (χ0) is 14.5. The molecule has 5 nitrogen and oxygen atoms in total. The Morgan fingerprint density at radius 3 is 2.95 bits per heavy atom. The van der Waals surface area contributed by atoms with E-state index in [1.807, 2.05) is 18.3 Å². The number of aromatic nitrogens is 1. The molecule has 0 spiro atoms. The Labute approximate surface area is 126 Å². The average molecular weight is 288 g/mol. The SMILES string of the molecule is CC1CN=C(NCc2ccnc(OC3CCCCC3)c2)N1. The Bertz CT molecular complexity index is 497. The molecule has 1 aromatic heterocycles. The smallest absolute Gasteiger partial charge is 0.213 e. The van der Waals surface area contributed by atoms with Gasteiger partial charge in [-0.25, -0.2) is 4.98 Å². The van der Waals surface area contributed by atoms with Gasteiger partial charge in [-0.2, -0.15) is 0 Å². The Morgan fingerprint density at radius 2 is 2.19 bits per heavy atom. The fraction of sp³-hybridized carbons (Fsp3) is 0.625. The van der Waals surface area contributed by atoms with Crippen molar-refractivity contribution in [3.63, 3.8) is 0 Å². The lowest BCUT2D eigenvalue weighted by Gasteiger charge is -2.22. The molecule has 1 saturated carbocycles. The van der Waals surface area contributed by atoms with Crippen molar-refractivity contribution < 1.29 is 4.74 Å². The van der Waals surface area contributed by atoms with Gasteiger partial charge in [-0.3, -0.25) is 4.99 Å². The highest BCUT2D eigenvalue weighted by atomic mass is 16.5. The van der Waals surface area contributed by atoms with Gasteiger partial charge in [-0.1, -0.05) is 6.42 Å². The van der Waals surface area contributed by atoms with Crippen molar-refractivity contribution in [2.45, 2.75) is 57.7 Å². The third-order valence-electron chi connectivity index (χ3n) is 4.01. The normalized spacial score (nSPS) is 22.5. The molecule has 1 aliphatic carbocycles. The highest BCUT2D eigenvalue weighted by molar-refractivity contribution is 5.81. The van der Waals surface area contributed by atoms with Crippen molar-refractivity contribution in [3.05, 3.63) is 23.9 Å². The molecule has 1 aliphatic heterocycles. The molecule has 0 amide bonds. The van der Waals surface area contributed by atoms with Gasteiger partial charge in [-0.05, 0) is 44.2 Å². The highest BCUT2D eigenvalue weighted by Crippen LogP contribution is 2.22. The molecule has 2 aliphatic rings. The first-order chi connectivity index (χ1) is 10.3. The van der Waals surface area contributed by atoms with Gasteiger partial charge >= 0.3 is 0 Å². The molecule has 1 aromatic rings. The number of hydrogen-bond donors (Lipinski definition) is 2. The van der Waals surface area contributed by atoms with E-state index in [1.54, 1.807) is 0 Å². The minimum Gasteiger partial charge on any atom is -0.474 e. The summed E-state index contributed by atoms with van der Waals surface area (Å²) in [5.41, 5.74) is 1.17. The van der Waals surface area contributed by atoms with Crippen LogP contribution in [0, 0.1) is 0 Å². The summed E-state index contributed by atoms with van der Waals surface area (Å²) in [6, 6.07) is 4.47. The van der Waals surface area contributed by atoms with Crippen LogP contribution in [-0.2, 0) is 6.54 Å². The number of ether oxygens (including phenoxy) is 1. The maximum Gasteiger partial charge on any atom is 0.213 e. The summed E-state index contributed by atoms with van der Waals surface area (Å²) < 4.78 is 6.00. The Kier molecular flexibility index (Phi) is 4.58. The number of rotatable bonds is 4. The predicted octanol–water partition coefficient (Wildman–Crippen LogP) is 2.23. The van der Waals surface area contributed by atoms with Crippen LogP contribution in [0.3, 0.4) is 0 Å². The molecule has 2 heterocycles. The molecule has 0 radical (unpaired) electrons. The van der Waals surface area contributed by atoms with Crippen molar-refractivity contribution in [2.24, 2.45) is 4.99 Å². The van der Waals surface area contributed by atoms with E-state index in [0.29, 0.717) is 12.1 Å². The van der Waals surface area contributed by atoms with Gasteiger partial charge in [0.15, 0.2) is 5.96 Å². The average Bonchev–Trinajstić information content (AvgIpc) is 2.92. The lowest BCUT2D eigenvalue weighted by Crippen LogP contribution is -2.37. The summed E-state index contributed by atoms with van der Waals surface area (Å²) in [5, 5.41) is 6.61. The van der Waals surface area contributed by atoms with E-state index in [9.17, 15) is 0 Å². The van der Waals surface area contributed by atoms with E-state index in [-0.39, 0.29) is 0 Å². The number of guanidine groups is 1. The summed E-state index contributed by atoms with van der Waals surface area (Å²) in [6.45, 7) is 3.71. The quantitative estimate of drug-likeness (QED) is 0.892. The van der Waals surface area contributed by atoms with Crippen LogP contribution >= 0.6 is 0 Å². The van der Waals surface area contributed by atoms with Gasteiger partial charge in [-0.15, -0.1) is 0 Å². The molecule has 1 atom stereocenters. The second-order valence-electron chi connectivity index (χ2n) is 5.97. The van der Waals surface area contributed by atoms with Crippen molar-refractivity contribution >= 4 is 5.96 Å². The van der Waals surface area contributed by atoms with Crippen LogP contribution in [-0.4, -0.2) is 29.6 Å². The van der Waals surface area contributed by atoms with Crippen LogP contribution < -0.4 is 15.4 Å². The summed E-state index contributed by atoms with van der Waals surface area (Å²) in [4.78, 5) is 8.72. The van der Waals surface area contributed by atoms with Gasteiger partial charge < -0.3 is 15.4 Å². The topological polar surface area (TPSA) is 58.5 Å². The highest BCUT2D eigenvalue weighted by Gasteiger charge is 2.16. The molecule has 1 unspecified atom stereocenters. The summed E-state index contributed by atoms with van der Waals surface area (Å²) in [6.07, 6.45) is 8.36. The van der Waals surface area contributed by atoms with Gasteiger partial charge in [0, 0.05) is 24.8 Å². The monoisotopic (exact) mass is 288 g/mol. The van der Waals surface area contributed by atoms with Crippen LogP contribution in [0.2, 0.25) is 0 Å². The third kappa shape index (κ3) is 4.09. The zero-order valence-corrected chi connectivity index (χ0v) is 12.6. The second-order valence-corrected chi connectivity index (χ2v) is 5.97. The van der Waals surface area contributed by atoms with Crippen LogP contribution in [0.25, 0.3) is 0 Å². The number of aliphatic imine (C=N–C) groups is 1. The standard InChI is InChI=1S/C16H24N4O/c1-12-10-18-16(20-12)19-11-13-7-8-17-15(9-13)21-14-5-3-2-4-6-14/h7-9,12,14H,2-6,10-11H2,1H3,(H2,18,19,20). The van der Waals surface area contributed by atoms with Crippen molar-refractivity contribution in [1.29, 1.82) is 0 Å². The Balaban J connectivity index is 1.53. The van der Waals surface area contributed by atoms with E-state index in [4.69, 9.17) is 4.74 Å². The van der Waals surface area contributed by atoms with E-state index < -0.39 is 0 Å². The first kappa shape index (κ1) is 14.2. The summed E-state index contributed by atoms with van der Waals surface area (Å²) in [7, 11) is 0. The van der Waals surface area contributed by atoms with Crippen LogP contribution in [0.4, 0.5) is 0 Å². The van der Waals surface area contributed by atoms with E-state index >= 15 is 0 Å².